The molecule has 1 heterocycles. The number of halogens is 1. The maximum absolute atomic E-state index is 11.3. The van der Waals surface area contributed by atoms with Gasteiger partial charge in [-0.15, -0.1) is 0 Å². The van der Waals surface area contributed by atoms with Gasteiger partial charge in [-0.3, -0.25) is 5.43 Å². The van der Waals surface area contributed by atoms with Gasteiger partial charge in [0.25, 0.3) is 0 Å². The van der Waals surface area contributed by atoms with Crippen molar-refractivity contribution in [3.8, 4) is 0 Å². The second-order valence-electron chi connectivity index (χ2n) is 4.11. The fraction of sp³-hybridized carbons (Fsp3) is 0.400. The van der Waals surface area contributed by atoms with Crippen LogP contribution in [0.4, 0.5) is 10.6 Å². The molecule has 6 heteroatoms. The molecule has 0 saturated heterocycles. The van der Waals surface area contributed by atoms with Gasteiger partial charge in [-0.05, 0) is 55.5 Å². The van der Waals surface area contributed by atoms with Crippen molar-refractivity contribution in [3.63, 3.8) is 0 Å². The molecule has 16 heavy (non-hydrogen) atoms. The van der Waals surface area contributed by atoms with Crippen LogP contribution in [0.1, 0.15) is 20.8 Å². The molecule has 0 saturated carbocycles. The third-order valence-corrected chi connectivity index (χ3v) is 2.06. The number of ether oxygens (including phenoxy) is 1. The summed E-state index contributed by atoms with van der Waals surface area (Å²) < 4.78 is 6.07. The number of hydrogen-bond acceptors (Lipinski definition) is 4. The number of carbonyl (C=O) groups excluding carboxylic acids is 1. The number of nitrogens with zero attached hydrogens (tertiary/aromatic N) is 1. The molecule has 0 spiro atoms. The lowest BCUT2D eigenvalue weighted by Crippen LogP contribution is -2.36. The first-order chi connectivity index (χ1) is 7.37. The fourth-order valence-corrected chi connectivity index (χ4v) is 1.19. The average molecular weight is 335 g/mol. The van der Waals surface area contributed by atoms with Crippen molar-refractivity contribution >= 4 is 34.5 Å². The number of nitrogens with one attached hydrogen (secondary N) is 2. The van der Waals surface area contributed by atoms with Crippen LogP contribution in [0, 0.1) is 3.57 Å². The van der Waals surface area contributed by atoms with Crippen molar-refractivity contribution < 1.29 is 9.53 Å². The average Bonchev–Trinajstić information content (AvgIpc) is 2.14. The van der Waals surface area contributed by atoms with Gasteiger partial charge in [0.1, 0.15) is 11.4 Å². The Morgan fingerprint density at radius 2 is 2.12 bits per heavy atom. The first-order valence-electron chi connectivity index (χ1n) is 4.73. The van der Waals surface area contributed by atoms with Crippen molar-refractivity contribution in [2.75, 3.05) is 5.43 Å². The maximum Gasteiger partial charge on any atom is 0.426 e. The van der Waals surface area contributed by atoms with Gasteiger partial charge >= 0.3 is 6.09 Å². The number of hydrazine groups is 1. The Labute approximate surface area is 108 Å². The predicted octanol–water partition coefficient (Wildman–Crippen LogP) is 2.54. The first kappa shape index (κ1) is 13.0. The number of carbonyl (C=O) groups is 1. The molecule has 1 aromatic heterocycles. The van der Waals surface area contributed by atoms with E-state index < -0.39 is 11.7 Å². The summed E-state index contributed by atoms with van der Waals surface area (Å²) >= 11 is 2.15. The van der Waals surface area contributed by atoms with E-state index in [0.717, 1.165) is 3.57 Å². The van der Waals surface area contributed by atoms with E-state index in [9.17, 15) is 4.79 Å². The summed E-state index contributed by atoms with van der Waals surface area (Å²) in [5, 5.41) is 0. The second kappa shape index (κ2) is 5.33. The number of aromatic nitrogens is 1. The Kier molecular flexibility index (Phi) is 4.34. The topological polar surface area (TPSA) is 63.2 Å². The predicted molar refractivity (Wildman–Crippen MR) is 69.9 cm³/mol. The quantitative estimate of drug-likeness (QED) is 0.644. The number of pyridine rings is 1. The van der Waals surface area contributed by atoms with Crippen molar-refractivity contribution in [3.05, 3.63) is 21.9 Å². The van der Waals surface area contributed by atoms with E-state index in [2.05, 4.69) is 38.4 Å². The summed E-state index contributed by atoms with van der Waals surface area (Å²) in [4.78, 5) is 15.3. The molecule has 0 fully saturated rings. The molecule has 0 radical (unpaired) electrons. The monoisotopic (exact) mass is 335 g/mol. The highest BCUT2D eigenvalue weighted by Gasteiger charge is 2.15. The highest BCUT2D eigenvalue weighted by atomic mass is 127. The van der Waals surface area contributed by atoms with Crippen LogP contribution in [-0.4, -0.2) is 16.7 Å². The largest absolute Gasteiger partial charge is 0.443 e. The Bertz CT molecular complexity index is 359. The standard InChI is InChI=1S/C10H14IN3O2/c1-10(2,3)16-9(15)14-13-8-5-4-7(11)6-12-8/h4-6H,1-3H3,(H,12,13)(H,14,15). The second-order valence-corrected chi connectivity index (χ2v) is 5.36. The lowest BCUT2D eigenvalue weighted by Gasteiger charge is -2.19. The Balaban J connectivity index is 2.40. The molecule has 1 amide bonds. The van der Waals surface area contributed by atoms with E-state index >= 15 is 0 Å². The minimum atomic E-state index is -0.534. The van der Waals surface area contributed by atoms with Crippen molar-refractivity contribution in [2.45, 2.75) is 26.4 Å². The maximum atomic E-state index is 11.3. The van der Waals surface area contributed by atoms with E-state index in [1.165, 1.54) is 0 Å². The highest BCUT2D eigenvalue weighted by molar-refractivity contribution is 14.1. The number of amides is 1. The normalized spacial score (nSPS) is 10.8. The van der Waals surface area contributed by atoms with Crippen LogP contribution < -0.4 is 10.9 Å². The first-order valence-corrected chi connectivity index (χ1v) is 5.81. The minimum absolute atomic E-state index is 0.509. The molecule has 0 aliphatic heterocycles. The Hall–Kier alpha value is -1.05. The molecule has 2 N–H and O–H groups in total. The van der Waals surface area contributed by atoms with Crippen LogP contribution in [0.25, 0.3) is 0 Å². The lowest BCUT2D eigenvalue weighted by molar-refractivity contribution is 0.0541. The van der Waals surface area contributed by atoms with Crippen molar-refractivity contribution in [1.29, 1.82) is 0 Å². The molecule has 0 aliphatic rings. The van der Waals surface area contributed by atoms with E-state index in [-0.39, 0.29) is 0 Å². The highest BCUT2D eigenvalue weighted by Crippen LogP contribution is 2.08. The summed E-state index contributed by atoms with van der Waals surface area (Å²) in [6, 6.07) is 3.64. The molecular weight excluding hydrogens is 321 g/mol. The van der Waals surface area contributed by atoms with E-state index in [4.69, 9.17) is 4.74 Å². The number of anilines is 1. The van der Waals surface area contributed by atoms with Gasteiger partial charge in [-0.25, -0.2) is 15.2 Å². The van der Waals surface area contributed by atoms with Gasteiger partial charge in [0.05, 0.1) is 0 Å². The summed E-state index contributed by atoms with van der Waals surface area (Å²) in [6.45, 7) is 5.40. The molecule has 0 aromatic carbocycles. The smallest absolute Gasteiger partial charge is 0.426 e. The van der Waals surface area contributed by atoms with Crippen LogP contribution in [-0.2, 0) is 4.74 Å². The summed E-state index contributed by atoms with van der Waals surface area (Å²) in [6.07, 6.45) is 1.16. The van der Waals surface area contributed by atoms with Crippen LogP contribution in [0.15, 0.2) is 18.3 Å². The molecule has 0 bridgehead atoms. The summed E-state index contributed by atoms with van der Waals surface area (Å²) in [7, 11) is 0. The van der Waals surface area contributed by atoms with Gasteiger partial charge in [-0.1, -0.05) is 0 Å². The summed E-state index contributed by atoms with van der Waals surface area (Å²) in [5.41, 5.74) is 4.55. The van der Waals surface area contributed by atoms with Crippen LogP contribution >= 0.6 is 22.6 Å². The van der Waals surface area contributed by atoms with Crippen molar-refractivity contribution in [2.24, 2.45) is 0 Å². The molecule has 0 unspecified atom stereocenters. The lowest BCUT2D eigenvalue weighted by atomic mass is 10.2. The van der Waals surface area contributed by atoms with Gasteiger partial charge in [0.2, 0.25) is 0 Å². The zero-order valence-electron chi connectivity index (χ0n) is 9.37. The molecular formula is C10H14IN3O2. The number of hydrogen-bond donors (Lipinski definition) is 2. The van der Waals surface area contributed by atoms with E-state index in [1.807, 2.05) is 6.07 Å². The van der Waals surface area contributed by atoms with E-state index in [0.29, 0.717) is 5.82 Å². The zero-order valence-corrected chi connectivity index (χ0v) is 11.5. The Morgan fingerprint density at radius 3 is 2.62 bits per heavy atom. The van der Waals surface area contributed by atoms with Crippen LogP contribution in [0.3, 0.4) is 0 Å². The zero-order chi connectivity index (χ0) is 12.2. The van der Waals surface area contributed by atoms with Gasteiger partial charge in [0, 0.05) is 9.77 Å². The van der Waals surface area contributed by atoms with Gasteiger partial charge in [-0.2, -0.15) is 0 Å². The fourth-order valence-electron chi connectivity index (χ4n) is 0.868. The molecule has 1 rings (SSSR count). The third-order valence-electron chi connectivity index (χ3n) is 1.42. The molecule has 0 aliphatic carbocycles. The van der Waals surface area contributed by atoms with E-state index in [1.54, 1.807) is 33.0 Å². The Morgan fingerprint density at radius 1 is 1.44 bits per heavy atom. The van der Waals surface area contributed by atoms with Gasteiger partial charge in [0.15, 0.2) is 0 Å². The molecule has 5 nitrogen and oxygen atoms in total. The molecule has 88 valence electrons. The summed E-state index contributed by atoms with van der Waals surface area (Å²) in [5.74, 6) is 0.561. The van der Waals surface area contributed by atoms with Crippen LogP contribution in [0.2, 0.25) is 0 Å². The van der Waals surface area contributed by atoms with Crippen molar-refractivity contribution in [1.82, 2.24) is 10.4 Å². The van der Waals surface area contributed by atoms with Crippen LogP contribution in [0.5, 0.6) is 0 Å². The third kappa shape index (κ3) is 5.15. The minimum Gasteiger partial charge on any atom is -0.443 e. The molecule has 0 atom stereocenters. The molecule has 1 aromatic rings. The number of rotatable bonds is 2. The van der Waals surface area contributed by atoms with Gasteiger partial charge < -0.3 is 4.74 Å². The SMILES string of the molecule is CC(C)(C)OC(=O)NNc1ccc(I)cn1.